The molecule has 1 aromatic heterocycles. The number of rotatable bonds is 8. The van der Waals surface area contributed by atoms with Crippen molar-refractivity contribution < 1.29 is 14.3 Å². The zero-order valence-electron chi connectivity index (χ0n) is 17.4. The summed E-state index contributed by atoms with van der Waals surface area (Å²) < 4.78 is 5.38. The molecule has 1 aliphatic rings. The average molecular weight is 415 g/mol. The second-order valence-electron chi connectivity index (χ2n) is 7.73. The van der Waals surface area contributed by atoms with Crippen molar-refractivity contribution in [2.45, 2.75) is 13.0 Å². The third kappa shape index (κ3) is 6.10. The molecular weight excluding hydrogens is 388 g/mol. The Morgan fingerprint density at radius 3 is 2.32 bits per heavy atom. The molecule has 5 nitrogen and oxygen atoms in total. The number of morpholine rings is 1. The van der Waals surface area contributed by atoms with E-state index < -0.39 is 0 Å². The molecule has 0 atom stereocenters. The molecule has 158 valence electrons. The number of aromatic amines is 1. The number of carbonyl (C=O) groups is 2. The maximum absolute atomic E-state index is 12.1. The van der Waals surface area contributed by atoms with Gasteiger partial charge in [-0.15, -0.1) is 0 Å². The van der Waals surface area contributed by atoms with Gasteiger partial charge in [-0.25, -0.2) is 0 Å². The number of ether oxygens (including phenoxy) is 1. The SMILES string of the molecule is O=C(C=Cc1ccc(CN2CCOCC2)cc1)CC(=O)C=Cc1ccc2cc[nH]c2c1. The van der Waals surface area contributed by atoms with Crippen LogP contribution < -0.4 is 0 Å². The minimum Gasteiger partial charge on any atom is -0.379 e. The van der Waals surface area contributed by atoms with Crippen molar-refractivity contribution in [2.75, 3.05) is 26.3 Å². The lowest BCUT2D eigenvalue weighted by Gasteiger charge is -2.26. The topological polar surface area (TPSA) is 62.4 Å². The van der Waals surface area contributed by atoms with E-state index in [0.717, 1.165) is 54.9 Å². The first-order valence-electron chi connectivity index (χ1n) is 10.5. The molecule has 1 fully saturated rings. The summed E-state index contributed by atoms with van der Waals surface area (Å²) in [5.41, 5.74) is 4.12. The Hall–Kier alpha value is -3.28. The highest BCUT2D eigenvalue weighted by atomic mass is 16.5. The predicted octanol–water partition coefficient (Wildman–Crippen LogP) is 4.26. The quantitative estimate of drug-likeness (QED) is 0.442. The van der Waals surface area contributed by atoms with Crippen LogP contribution in [0.3, 0.4) is 0 Å². The van der Waals surface area contributed by atoms with Crippen LogP contribution in [0.15, 0.2) is 66.9 Å². The number of hydrogen-bond acceptors (Lipinski definition) is 4. The molecule has 2 heterocycles. The van der Waals surface area contributed by atoms with Gasteiger partial charge in [0.2, 0.25) is 0 Å². The van der Waals surface area contributed by atoms with Crippen LogP contribution in [0.2, 0.25) is 0 Å². The maximum Gasteiger partial charge on any atom is 0.163 e. The molecule has 0 unspecified atom stereocenters. The number of H-pyrrole nitrogens is 1. The van der Waals surface area contributed by atoms with Crippen LogP contribution >= 0.6 is 0 Å². The number of ketones is 2. The number of nitrogens with one attached hydrogen (secondary N) is 1. The van der Waals surface area contributed by atoms with Crippen LogP contribution in [-0.4, -0.2) is 47.8 Å². The number of carbonyl (C=O) groups excluding carboxylic acids is 2. The molecule has 3 aromatic rings. The van der Waals surface area contributed by atoms with Crippen LogP contribution in [0.4, 0.5) is 0 Å². The fourth-order valence-corrected chi connectivity index (χ4v) is 3.59. The summed E-state index contributed by atoms with van der Waals surface area (Å²) in [6, 6.07) is 16.1. The number of fused-ring (bicyclic) bond motifs is 1. The fraction of sp³-hybridized carbons (Fsp3) is 0.231. The van der Waals surface area contributed by atoms with Crippen LogP contribution in [0.25, 0.3) is 23.1 Å². The van der Waals surface area contributed by atoms with E-state index in [2.05, 4.69) is 22.0 Å². The first-order chi connectivity index (χ1) is 15.2. The van der Waals surface area contributed by atoms with E-state index in [-0.39, 0.29) is 18.0 Å². The number of aromatic nitrogens is 1. The Labute approximate surface area is 182 Å². The van der Waals surface area contributed by atoms with E-state index in [1.54, 1.807) is 12.2 Å². The van der Waals surface area contributed by atoms with E-state index in [1.807, 2.05) is 42.6 Å². The molecule has 0 saturated carbocycles. The molecule has 4 rings (SSSR count). The summed E-state index contributed by atoms with van der Waals surface area (Å²) in [7, 11) is 0. The number of allylic oxidation sites excluding steroid dienone is 2. The molecule has 5 heteroatoms. The molecule has 2 aromatic carbocycles. The van der Waals surface area contributed by atoms with Crippen molar-refractivity contribution in [1.29, 1.82) is 0 Å². The summed E-state index contributed by atoms with van der Waals surface area (Å²) >= 11 is 0. The van der Waals surface area contributed by atoms with Crippen molar-refractivity contribution >= 4 is 34.6 Å². The van der Waals surface area contributed by atoms with E-state index in [0.29, 0.717) is 0 Å². The molecule has 0 radical (unpaired) electrons. The van der Waals surface area contributed by atoms with Crippen LogP contribution in [0.5, 0.6) is 0 Å². The van der Waals surface area contributed by atoms with Gasteiger partial charge in [0.1, 0.15) is 0 Å². The first kappa shape index (κ1) is 21.0. The molecule has 0 spiro atoms. The third-order valence-corrected chi connectivity index (χ3v) is 5.34. The molecule has 1 saturated heterocycles. The van der Waals surface area contributed by atoms with Crippen LogP contribution in [0.1, 0.15) is 23.1 Å². The van der Waals surface area contributed by atoms with Gasteiger partial charge in [0.15, 0.2) is 11.6 Å². The van der Waals surface area contributed by atoms with Crippen molar-refractivity contribution in [3.8, 4) is 0 Å². The van der Waals surface area contributed by atoms with Gasteiger partial charge in [0.25, 0.3) is 0 Å². The summed E-state index contributed by atoms with van der Waals surface area (Å²) in [5.74, 6) is -0.408. The van der Waals surface area contributed by atoms with E-state index in [4.69, 9.17) is 4.74 Å². The minimum atomic E-state index is -0.206. The summed E-state index contributed by atoms with van der Waals surface area (Å²) in [5, 5.41) is 1.12. The van der Waals surface area contributed by atoms with Crippen molar-refractivity contribution in [3.05, 3.63) is 83.6 Å². The Morgan fingerprint density at radius 2 is 1.58 bits per heavy atom. The Kier molecular flexibility index (Phi) is 6.87. The van der Waals surface area contributed by atoms with Gasteiger partial charge in [0.05, 0.1) is 19.6 Å². The number of benzene rings is 2. The maximum atomic E-state index is 12.1. The van der Waals surface area contributed by atoms with Gasteiger partial charge in [0, 0.05) is 31.3 Å². The Bertz CT molecular complexity index is 1100. The highest BCUT2D eigenvalue weighted by Gasteiger charge is 2.10. The second-order valence-corrected chi connectivity index (χ2v) is 7.73. The van der Waals surface area contributed by atoms with Gasteiger partial charge in [-0.05, 0) is 46.4 Å². The second kappa shape index (κ2) is 10.2. The van der Waals surface area contributed by atoms with E-state index >= 15 is 0 Å². The van der Waals surface area contributed by atoms with Crippen LogP contribution in [0, 0.1) is 0 Å². The van der Waals surface area contributed by atoms with Gasteiger partial charge in [-0.3, -0.25) is 14.5 Å². The zero-order valence-corrected chi connectivity index (χ0v) is 17.4. The van der Waals surface area contributed by atoms with Crippen molar-refractivity contribution in [1.82, 2.24) is 9.88 Å². The summed E-state index contributed by atoms with van der Waals surface area (Å²) in [4.78, 5) is 29.8. The molecule has 0 bridgehead atoms. The highest BCUT2D eigenvalue weighted by molar-refractivity contribution is 6.11. The lowest BCUT2D eigenvalue weighted by molar-refractivity contribution is -0.121. The number of nitrogens with zero attached hydrogens (tertiary/aromatic N) is 1. The molecular formula is C26H26N2O3. The van der Waals surface area contributed by atoms with Gasteiger partial charge >= 0.3 is 0 Å². The van der Waals surface area contributed by atoms with Crippen molar-refractivity contribution in [2.24, 2.45) is 0 Å². The monoisotopic (exact) mass is 414 g/mol. The summed E-state index contributed by atoms with van der Waals surface area (Å²) in [6.45, 7) is 4.40. The average Bonchev–Trinajstić information content (AvgIpc) is 3.26. The number of hydrogen-bond donors (Lipinski definition) is 1. The molecule has 0 amide bonds. The van der Waals surface area contributed by atoms with Gasteiger partial charge in [-0.2, -0.15) is 0 Å². The largest absolute Gasteiger partial charge is 0.379 e. The normalized spacial score (nSPS) is 15.2. The minimum absolute atomic E-state index is 0.132. The van der Waals surface area contributed by atoms with Crippen molar-refractivity contribution in [3.63, 3.8) is 0 Å². The standard InChI is InChI=1S/C26H26N2O3/c29-24(18-25(30)10-7-21-5-8-23-11-12-27-26(23)17-21)9-6-20-1-3-22(4-2-20)19-28-13-15-31-16-14-28/h1-12,17,27H,13-16,18-19H2. The predicted molar refractivity (Wildman–Crippen MR) is 124 cm³/mol. The lowest BCUT2D eigenvalue weighted by Crippen LogP contribution is -2.35. The van der Waals surface area contributed by atoms with E-state index in [9.17, 15) is 9.59 Å². The van der Waals surface area contributed by atoms with Gasteiger partial charge in [-0.1, -0.05) is 48.6 Å². The highest BCUT2D eigenvalue weighted by Crippen LogP contribution is 2.15. The Morgan fingerprint density at radius 1 is 0.903 bits per heavy atom. The van der Waals surface area contributed by atoms with E-state index in [1.165, 1.54) is 17.7 Å². The third-order valence-electron chi connectivity index (χ3n) is 5.34. The fourth-order valence-electron chi connectivity index (χ4n) is 3.59. The Balaban J connectivity index is 1.26. The molecule has 1 aliphatic heterocycles. The molecule has 1 N–H and O–H groups in total. The molecule has 0 aliphatic carbocycles. The smallest absolute Gasteiger partial charge is 0.163 e. The first-order valence-corrected chi connectivity index (χ1v) is 10.5. The molecule has 31 heavy (non-hydrogen) atoms. The summed E-state index contributed by atoms with van der Waals surface area (Å²) in [6.07, 6.45) is 8.20. The van der Waals surface area contributed by atoms with Gasteiger partial charge < -0.3 is 9.72 Å². The lowest BCUT2D eigenvalue weighted by atomic mass is 10.1. The zero-order chi connectivity index (χ0) is 21.5. The van der Waals surface area contributed by atoms with Crippen LogP contribution in [-0.2, 0) is 20.9 Å².